The van der Waals surface area contributed by atoms with Crippen LogP contribution in [0.2, 0.25) is 0 Å². The van der Waals surface area contributed by atoms with Crippen LogP contribution in [0.15, 0.2) is 35.3 Å². The minimum absolute atomic E-state index is 0.0938. The Bertz CT molecular complexity index is 517. The molecule has 16 heavy (non-hydrogen) atoms. The molecule has 1 aliphatic carbocycles. The van der Waals surface area contributed by atoms with E-state index in [9.17, 15) is 0 Å². The van der Waals surface area contributed by atoms with Gasteiger partial charge in [-0.15, -0.1) is 0 Å². The summed E-state index contributed by atoms with van der Waals surface area (Å²) in [5.41, 5.74) is 8.22. The van der Waals surface area contributed by atoms with Crippen molar-refractivity contribution in [1.29, 1.82) is 0 Å². The number of halogens is 1. The summed E-state index contributed by atoms with van der Waals surface area (Å²) in [7, 11) is 0. The molecule has 0 amide bonds. The third kappa shape index (κ3) is 1.56. The minimum atomic E-state index is -0.0938. The monoisotopic (exact) mass is 278 g/mol. The molecule has 0 bridgehead atoms. The van der Waals surface area contributed by atoms with Crippen molar-refractivity contribution >= 4 is 15.9 Å². The maximum absolute atomic E-state index is 6.15. The van der Waals surface area contributed by atoms with Crippen molar-refractivity contribution in [3.8, 4) is 5.69 Å². The lowest BCUT2D eigenvalue weighted by Crippen LogP contribution is -2.18. The third-order valence-corrected chi connectivity index (χ3v) is 3.61. The van der Waals surface area contributed by atoms with E-state index in [-0.39, 0.29) is 5.54 Å². The second-order valence-electron chi connectivity index (χ2n) is 4.16. The highest BCUT2D eigenvalue weighted by Gasteiger charge is 2.40. The quantitative estimate of drug-likeness (QED) is 0.914. The van der Waals surface area contributed by atoms with Gasteiger partial charge in [-0.25, -0.2) is 9.67 Å². The molecule has 0 unspecified atom stereocenters. The second-order valence-corrected chi connectivity index (χ2v) is 5.02. The molecule has 2 N–H and O–H groups in total. The van der Waals surface area contributed by atoms with Gasteiger partial charge in [0.25, 0.3) is 0 Å². The maximum atomic E-state index is 6.15. The van der Waals surface area contributed by atoms with Gasteiger partial charge in [-0.05, 0) is 46.5 Å². The standard InChI is InChI=1S/C11H11BrN4/c12-9-5-8(11(13)3-4-11)1-2-10(9)16-7-14-6-15-16/h1-2,5-7H,3-4,13H2. The smallest absolute Gasteiger partial charge is 0.138 e. The molecule has 5 heteroatoms. The van der Waals surface area contributed by atoms with E-state index < -0.39 is 0 Å². The van der Waals surface area contributed by atoms with Gasteiger partial charge < -0.3 is 5.73 Å². The minimum Gasteiger partial charge on any atom is -0.321 e. The molecule has 0 atom stereocenters. The first kappa shape index (κ1) is 9.99. The Morgan fingerprint density at radius 2 is 2.19 bits per heavy atom. The second kappa shape index (κ2) is 3.40. The van der Waals surface area contributed by atoms with Crippen molar-refractivity contribution in [2.24, 2.45) is 5.73 Å². The van der Waals surface area contributed by atoms with Crippen molar-refractivity contribution < 1.29 is 0 Å². The number of nitrogens with zero attached hydrogens (tertiary/aromatic N) is 3. The average Bonchev–Trinajstić information content (AvgIpc) is 2.82. The van der Waals surface area contributed by atoms with Crippen molar-refractivity contribution in [1.82, 2.24) is 14.8 Å². The van der Waals surface area contributed by atoms with E-state index in [2.05, 4.69) is 38.1 Å². The predicted octanol–water partition coefficient (Wildman–Crippen LogP) is 1.98. The summed E-state index contributed by atoms with van der Waals surface area (Å²) in [6.45, 7) is 0. The van der Waals surface area contributed by atoms with Crippen LogP contribution in [-0.2, 0) is 5.54 Å². The van der Waals surface area contributed by atoms with Crippen LogP contribution in [0, 0.1) is 0 Å². The Morgan fingerprint density at radius 3 is 2.75 bits per heavy atom. The summed E-state index contributed by atoms with van der Waals surface area (Å²) < 4.78 is 2.72. The van der Waals surface area contributed by atoms with Crippen LogP contribution in [0.1, 0.15) is 18.4 Å². The molecule has 4 nitrogen and oxygen atoms in total. The fourth-order valence-electron chi connectivity index (χ4n) is 1.76. The van der Waals surface area contributed by atoms with Gasteiger partial charge in [-0.1, -0.05) is 6.07 Å². The van der Waals surface area contributed by atoms with Crippen LogP contribution in [0.4, 0.5) is 0 Å². The highest BCUT2D eigenvalue weighted by molar-refractivity contribution is 9.10. The molecule has 0 spiro atoms. The number of hydrogen-bond donors (Lipinski definition) is 1. The topological polar surface area (TPSA) is 56.7 Å². The molecule has 2 aromatic rings. The van der Waals surface area contributed by atoms with Crippen LogP contribution in [0.25, 0.3) is 5.69 Å². The van der Waals surface area contributed by atoms with Crippen LogP contribution < -0.4 is 5.73 Å². The Labute approximate surface area is 102 Å². The molecule has 3 rings (SSSR count). The average molecular weight is 279 g/mol. The van der Waals surface area contributed by atoms with Gasteiger partial charge in [0.1, 0.15) is 12.7 Å². The Hall–Kier alpha value is -1.20. The molecule has 0 saturated heterocycles. The molecular formula is C11H11BrN4. The van der Waals surface area contributed by atoms with Crippen LogP contribution in [-0.4, -0.2) is 14.8 Å². The highest BCUT2D eigenvalue weighted by Crippen LogP contribution is 2.43. The van der Waals surface area contributed by atoms with E-state index in [4.69, 9.17) is 5.73 Å². The van der Waals surface area contributed by atoms with E-state index in [0.717, 1.165) is 23.0 Å². The summed E-state index contributed by atoms with van der Waals surface area (Å²) in [5.74, 6) is 0. The molecule has 1 heterocycles. The van der Waals surface area contributed by atoms with Gasteiger partial charge in [0.15, 0.2) is 0 Å². The number of nitrogens with two attached hydrogens (primary N) is 1. The zero-order chi connectivity index (χ0) is 11.2. The molecule has 1 aromatic heterocycles. The number of benzene rings is 1. The molecule has 82 valence electrons. The van der Waals surface area contributed by atoms with E-state index >= 15 is 0 Å². The van der Waals surface area contributed by atoms with Crippen molar-refractivity contribution in [2.45, 2.75) is 18.4 Å². The molecule has 1 aromatic carbocycles. The van der Waals surface area contributed by atoms with Gasteiger partial charge >= 0.3 is 0 Å². The fourth-order valence-corrected chi connectivity index (χ4v) is 2.32. The van der Waals surface area contributed by atoms with Crippen LogP contribution in [0.3, 0.4) is 0 Å². The lowest BCUT2D eigenvalue weighted by atomic mass is 10.1. The summed E-state index contributed by atoms with van der Waals surface area (Å²) >= 11 is 3.54. The third-order valence-electron chi connectivity index (χ3n) is 2.98. The number of rotatable bonds is 2. The van der Waals surface area contributed by atoms with Gasteiger partial charge in [-0.2, -0.15) is 5.10 Å². The lowest BCUT2D eigenvalue weighted by molar-refractivity contribution is 0.738. The molecule has 0 radical (unpaired) electrons. The SMILES string of the molecule is NC1(c2ccc(-n3cncn3)c(Br)c2)CC1. The van der Waals surface area contributed by atoms with Crippen molar-refractivity contribution in [3.63, 3.8) is 0 Å². The summed E-state index contributed by atoms with van der Waals surface area (Å²) in [6, 6.07) is 6.15. The fraction of sp³-hybridized carbons (Fsp3) is 0.273. The van der Waals surface area contributed by atoms with Gasteiger partial charge in [-0.3, -0.25) is 0 Å². The van der Waals surface area contributed by atoms with Crippen LogP contribution in [0.5, 0.6) is 0 Å². The largest absolute Gasteiger partial charge is 0.321 e. The zero-order valence-corrected chi connectivity index (χ0v) is 10.2. The molecule has 1 saturated carbocycles. The normalized spacial score (nSPS) is 17.4. The van der Waals surface area contributed by atoms with E-state index in [1.165, 1.54) is 11.9 Å². The summed E-state index contributed by atoms with van der Waals surface area (Å²) in [4.78, 5) is 3.93. The molecule has 1 fully saturated rings. The molecule has 0 aliphatic heterocycles. The Kier molecular flexibility index (Phi) is 2.12. The van der Waals surface area contributed by atoms with Crippen LogP contribution >= 0.6 is 15.9 Å². The van der Waals surface area contributed by atoms with Gasteiger partial charge in [0.2, 0.25) is 0 Å². The van der Waals surface area contributed by atoms with E-state index in [1.54, 1.807) is 11.0 Å². The summed E-state index contributed by atoms with van der Waals surface area (Å²) in [6.07, 6.45) is 5.34. The Morgan fingerprint density at radius 1 is 1.38 bits per heavy atom. The zero-order valence-electron chi connectivity index (χ0n) is 8.60. The van der Waals surface area contributed by atoms with E-state index in [0.29, 0.717) is 0 Å². The molecular weight excluding hydrogens is 268 g/mol. The number of hydrogen-bond acceptors (Lipinski definition) is 3. The highest BCUT2D eigenvalue weighted by atomic mass is 79.9. The predicted molar refractivity (Wildman–Crippen MR) is 64.2 cm³/mol. The van der Waals surface area contributed by atoms with Gasteiger partial charge in [0.05, 0.1) is 5.69 Å². The van der Waals surface area contributed by atoms with Crippen molar-refractivity contribution in [3.05, 3.63) is 40.9 Å². The maximum Gasteiger partial charge on any atom is 0.138 e. The van der Waals surface area contributed by atoms with Gasteiger partial charge in [0, 0.05) is 10.0 Å². The van der Waals surface area contributed by atoms with E-state index in [1.807, 2.05) is 6.07 Å². The number of aromatic nitrogens is 3. The summed E-state index contributed by atoms with van der Waals surface area (Å²) in [5, 5.41) is 4.10. The van der Waals surface area contributed by atoms with Crippen molar-refractivity contribution in [2.75, 3.05) is 0 Å². The lowest BCUT2D eigenvalue weighted by Gasteiger charge is -2.11. The first-order chi connectivity index (χ1) is 7.69. The first-order valence-electron chi connectivity index (χ1n) is 5.13. The first-order valence-corrected chi connectivity index (χ1v) is 5.92. The molecule has 1 aliphatic rings. The Balaban J connectivity index is 2.04.